The van der Waals surface area contributed by atoms with E-state index in [2.05, 4.69) is 20.9 Å². The van der Waals surface area contributed by atoms with Crippen LogP contribution in [0.2, 0.25) is 0 Å². The van der Waals surface area contributed by atoms with Crippen molar-refractivity contribution in [2.24, 2.45) is 5.73 Å². The number of rotatable bonds is 2. The van der Waals surface area contributed by atoms with Gasteiger partial charge < -0.3 is 10.7 Å². The number of primary amides is 1. The van der Waals surface area contributed by atoms with E-state index in [1.54, 1.807) is 24.3 Å². The van der Waals surface area contributed by atoms with Crippen LogP contribution in [0, 0.1) is 5.82 Å². The predicted molar refractivity (Wildman–Crippen MR) is 79.9 cm³/mol. The van der Waals surface area contributed by atoms with E-state index in [1.165, 1.54) is 12.1 Å². The quantitative estimate of drug-likeness (QED) is 0.736. The van der Waals surface area contributed by atoms with E-state index < -0.39 is 5.91 Å². The van der Waals surface area contributed by atoms with Gasteiger partial charge in [-0.25, -0.2) is 4.39 Å². The van der Waals surface area contributed by atoms with Crippen LogP contribution in [0.3, 0.4) is 0 Å². The van der Waals surface area contributed by atoms with Crippen molar-refractivity contribution >= 4 is 32.7 Å². The lowest BCUT2D eigenvalue weighted by Crippen LogP contribution is -2.11. The van der Waals surface area contributed by atoms with Crippen molar-refractivity contribution in [2.75, 3.05) is 0 Å². The number of amides is 1. The maximum atomic E-state index is 13.3. The number of carbonyl (C=O) groups is 1. The smallest absolute Gasteiger partial charge is 0.250 e. The number of carbonyl (C=O) groups excluding carboxylic acids is 1. The molecule has 0 saturated heterocycles. The van der Waals surface area contributed by atoms with Crippen LogP contribution in [0.25, 0.3) is 22.2 Å². The summed E-state index contributed by atoms with van der Waals surface area (Å²) in [5, 5.41) is 0.834. The number of halogens is 2. The number of aromatic nitrogens is 1. The number of hydrogen-bond donors (Lipinski definition) is 2. The third kappa shape index (κ3) is 2.10. The molecule has 0 spiro atoms. The second kappa shape index (κ2) is 4.76. The molecule has 0 bridgehead atoms. The van der Waals surface area contributed by atoms with Crippen LogP contribution in [0.5, 0.6) is 0 Å². The highest BCUT2D eigenvalue weighted by atomic mass is 79.9. The summed E-state index contributed by atoms with van der Waals surface area (Å²) in [6, 6.07) is 11.5. The Morgan fingerprint density at radius 2 is 2.00 bits per heavy atom. The molecule has 0 radical (unpaired) electrons. The van der Waals surface area contributed by atoms with Gasteiger partial charge in [0.25, 0.3) is 5.91 Å². The highest BCUT2D eigenvalue weighted by molar-refractivity contribution is 9.10. The van der Waals surface area contributed by atoms with Gasteiger partial charge in [-0.15, -0.1) is 0 Å². The second-order valence-corrected chi connectivity index (χ2v) is 5.30. The normalized spacial score (nSPS) is 10.9. The molecule has 0 fully saturated rings. The SMILES string of the molecule is NC(=O)c1ccc(Br)c2cc(-c3cccc(F)c3)[nH]c12. The second-order valence-electron chi connectivity index (χ2n) is 4.44. The Balaban J connectivity index is 2.27. The average molecular weight is 333 g/mol. The summed E-state index contributed by atoms with van der Waals surface area (Å²) >= 11 is 3.43. The third-order valence-electron chi connectivity index (χ3n) is 3.14. The van der Waals surface area contributed by atoms with Crippen LogP contribution in [0.1, 0.15) is 10.4 Å². The Hall–Kier alpha value is -2.14. The molecular formula is C15H10BrFN2O. The van der Waals surface area contributed by atoms with Crippen molar-refractivity contribution in [3.8, 4) is 11.3 Å². The fraction of sp³-hybridized carbons (Fsp3) is 0. The Morgan fingerprint density at radius 3 is 2.70 bits per heavy atom. The fourth-order valence-corrected chi connectivity index (χ4v) is 2.65. The van der Waals surface area contributed by atoms with Gasteiger partial charge in [0.15, 0.2) is 0 Å². The minimum Gasteiger partial charge on any atom is -0.366 e. The van der Waals surface area contributed by atoms with E-state index in [-0.39, 0.29) is 5.82 Å². The van der Waals surface area contributed by atoms with Gasteiger partial charge in [0.05, 0.1) is 11.1 Å². The largest absolute Gasteiger partial charge is 0.366 e. The molecule has 0 unspecified atom stereocenters. The summed E-state index contributed by atoms with van der Waals surface area (Å²) < 4.78 is 14.1. The van der Waals surface area contributed by atoms with E-state index in [9.17, 15) is 9.18 Å². The van der Waals surface area contributed by atoms with Gasteiger partial charge in [-0.3, -0.25) is 4.79 Å². The molecule has 0 aliphatic heterocycles. The lowest BCUT2D eigenvalue weighted by Gasteiger charge is -2.00. The van der Waals surface area contributed by atoms with Gasteiger partial charge in [-0.2, -0.15) is 0 Å². The standard InChI is InChI=1S/C15H10BrFN2O/c16-12-5-4-10(15(18)20)14-11(12)7-13(19-14)8-2-1-3-9(17)6-8/h1-7,19H,(H2,18,20). The van der Waals surface area contributed by atoms with E-state index in [1.807, 2.05) is 6.07 Å². The van der Waals surface area contributed by atoms with Crippen LogP contribution in [-0.2, 0) is 0 Å². The maximum Gasteiger partial charge on any atom is 0.250 e. The lowest BCUT2D eigenvalue weighted by molar-refractivity contribution is 0.100. The molecule has 20 heavy (non-hydrogen) atoms. The van der Waals surface area contributed by atoms with Crippen LogP contribution in [0.4, 0.5) is 4.39 Å². The average Bonchev–Trinajstić information content (AvgIpc) is 2.84. The molecule has 0 saturated carbocycles. The third-order valence-corrected chi connectivity index (χ3v) is 3.83. The first-order valence-corrected chi connectivity index (χ1v) is 6.72. The first-order valence-electron chi connectivity index (χ1n) is 5.93. The number of nitrogens with one attached hydrogen (secondary N) is 1. The summed E-state index contributed by atoms with van der Waals surface area (Å²) in [5.41, 5.74) is 7.86. The fourth-order valence-electron chi connectivity index (χ4n) is 2.20. The summed E-state index contributed by atoms with van der Waals surface area (Å²) in [7, 11) is 0. The minimum absolute atomic E-state index is 0.310. The number of H-pyrrole nitrogens is 1. The van der Waals surface area contributed by atoms with Crippen molar-refractivity contribution in [1.82, 2.24) is 4.98 Å². The number of fused-ring (bicyclic) bond motifs is 1. The molecule has 3 rings (SSSR count). The van der Waals surface area contributed by atoms with Gasteiger partial charge in [-0.05, 0) is 30.3 Å². The number of benzene rings is 2. The zero-order valence-corrected chi connectivity index (χ0v) is 11.9. The van der Waals surface area contributed by atoms with Gasteiger partial charge in [0, 0.05) is 21.1 Å². The maximum absolute atomic E-state index is 13.3. The zero-order chi connectivity index (χ0) is 14.3. The van der Waals surface area contributed by atoms with Gasteiger partial charge in [0.1, 0.15) is 5.82 Å². The molecule has 1 aromatic heterocycles. The van der Waals surface area contributed by atoms with E-state index >= 15 is 0 Å². The Bertz CT molecular complexity index is 826. The number of nitrogens with two attached hydrogens (primary N) is 1. The van der Waals surface area contributed by atoms with Crippen molar-refractivity contribution < 1.29 is 9.18 Å². The topological polar surface area (TPSA) is 58.9 Å². The monoisotopic (exact) mass is 332 g/mol. The van der Waals surface area contributed by atoms with Gasteiger partial charge >= 0.3 is 0 Å². The van der Waals surface area contributed by atoms with E-state index in [4.69, 9.17) is 5.73 Å². The Morgan fingerprint density at radius 1 is 1.20 bits per heavy atom. The first kappa shape index (κ1) is 12.9. The molecular weight excluding hydrogens is 323 g/mol. The Kier molecular flexibility index (Phi) is 3.06. The minimum atomic E-state index is -0.504. The lowest BCUT2D eigenvalue weighted by atomic mass is 10.1. The van der Waals surface area contributed by atoms with E-state index in [0.29, 0.717) is 16.6 Å². The Labute approximate surface area is 122 Å². The summed E-state index contributed by atoms with van der Waals surface area (Å²) in [4.78, 5) is 14.6. The number of hydrogen-bond acceptors (Lipinski definition) is 1. The zero-order valence-electron chi connectivity index (χ0n) is 10.3. The molecule has 0 aliphatic rings. The highest BCUT2D eigenvalue weighted by Gasteiger charge is 2.13. The number of aromatic amines is 1. The van der Waals surface area contributed by atoms with Crippen LogP contribution in [0.15, 0.2) is 46.9 Å². The molecule has 0 atom stereocenters. The van der Waals surface area contributed by atoms with Crippen LogP contribution >= 0.6 is 15.9 Å². The van der Waals surface area contributed by atoms with Crippen LogP contribution in [-0.4, -0.2) is 10.9 Å². The molecule has 5 heteroatoms. The van der Waals surface area contributed by atoms with E-state index in [0.717, 1.165) is 15.6 Å². The van der Waals surface area contributed by atoms with Crippen molar-refractivity contribution in [3.63, 3.8) is 0 Å². The molecule has 1 amide bonds. The summed E-state index contributed by atoms with van der Waals surface area (Å²) in [6.45, 7) is 0. The summed E-state index contributed by atoms with van der Waals surface area (Å²) in [6.07, 6.45) is 0. The molecule has 2 aromatic carbocycles. The van der Waals surface area contributed by atoms with Crippen molar-refractivity contribution in [2.45, 2.75) is 0 Å². The van der Waals surface area contributed by atoms with Gasteiger partial charge in [0.2, 0.25) is 0 Å². The highest BCUT2D eigenvalue weighted by Crippen LogP contribution is 2.31. The molecule has 1 heterocycles. The first-order chi connectivity index (χ1) is 9.56. The molecule has 3 nitrogen and oxygen atoms in total. The van der Waals surface area contributed by atoms with Crippen molar-refractivity contribution in [3.05, 3.63) is 58.3 Å². The van der Waals surface area contributed by atoms with Gasteiger partial charge in [-0.1, -0.05) is 28.1 Å². The summed E-state index contributed by atoms with van der Waals surface area (Å²) in [5.74, 6) is -0.814. The molecule has 3 aromatic rings. The van der Waals surface area contributed by atoms with Crippen LogP contribution < -0.4 is 5.73 Å². The molecule has 100 valence electrons. The van der Waals surface area contributed by atoms with Crippen molar-refractivity contribution in [1.29, 1.82) is 0 Å². The molecule has 0 aliphatic carbocycles. The molecule has 3 N–H and O–H groups in total. The predicted octanol–water partition coefficient (Wildman–Crippen LogP) is 3.84.